The molecule has 1 aromatic rings. The van der Waals surface area contributed by atoms with Crippen LogP contribution in [0, 0.1) is 5.92 Å². The minimum atomic E-state index is -1.04. The van der Waals surface area contributed by atoms with Gasteiger partial charge in [0.2, 0.25) is 11.8 Å². The van der Waals surface area contributed by atoms with Crippen LogP contribution in [0.3, 0.4) is 0 Å². The second-order valence-electron chi connectivity index (χ2n) is 6.93. The van der Waals surface area contributed by atoms with E-state index in [0.717, 1.165) is 31.2 Å². The Balaban J connectivity index is 1.50. The monoisotopic (exact) mass is 360 g/mol. The first kappa shape index (κ1) is 18.2. The number of ether oxygens (including phenoxy) is 1. The van der Waals surface area contributed by atoms with Gasteiger partial charge in [-0.2, -0.15) is 0 Å². The van der Waals surface area contributed by atoms with Gasteiger partial charge in [0.1, 0.15) is 5.75 Å². The molecule has 1 aromatic carbocycles. The van der Waals surface area contributed by atoms with E-state index in [1.807, 2.05) is 11.0 Å². The Morgan fingerprint density at radius 1 is 1.27 bits per heavy atom. The number of benzene rings is 1. The topological polar surface area (TPSA) is 95.9 Å². The van der Waals surface area contributed by atoms with Gasteiger partial charge in [-0.05, 0) is 30.5 Å². The van der Waals surface area contributed by atoms with E-state index in [9.17, 15) is 14.4 Å². The molecule has 0 aromatic heterocycles. The lowest BCUT2D eigenvalue weighted by Gasteiger charge is -2.23. The van der Waals surface area contributed by atoms with Crippen LogP contribution in [-0.2, 0) is 20.9 Å². The molecule has 2 aliphatic rings. The number of carbonyl (C=O) groups is 3. The molecule has 26 heavy (non-hydrogen) atoms. The number of carboxylic acids is 1. The summed E-state index contributed by atoms with van der Waals surface area (Å²) >= 11 is 0. The molecule has 0 radical (unpaired) electrons. The van der Waals surface area contributed by atoms with Gasteiger partial charge >= 0.3 is 5.97 Å². The van der Waals surface area contributed by atoms with Crippen LogP contribution in [0.1, 0.15) is 37.7 Å². The fourth-order valence-electron chi connectivity index (χ4n) is 3.70. The molecule has 1 atom stereocenters. The van der Waals surface area contributed by atoms with Gasteiger partial charge in [0, 0.05) is 25.6 Å². The van der Waals surface area contributed by atoms with Gasteiger partial charge in [0.05, 0.1) is 5.92 Å². The molecular formula is C19H24N2O5. The van der Waals surface area contributed by atoms with Gasteiger partial charge in [-0.15, -0.1) is 0 Å². The molecule has 1 unspecified atom stereocenters. The first-order valence-corrected chi connectivity index (χ1v) is 9.03. The second-order valence-corrected chi connectivity index (χ2v) is 6.93. The van der Waals surface area contributed by atoms with Gasteiger partial charge in [0.15, 0.2) is 6.61 Å². The number of amides is 2. The highest BCUT2D eigenvalue weighted by atomic mass is 16.5. The summed E-state index contributed by atoms with van der Waals surface area (Å²) < 4.78 is 5.14. The van der Waals surface area contributed by atoms with Crippen molar-refractivity contribution in [3.05, 3.63) is 29.8 Å². The van der Waals surface area contributed by atoms with Crippen LogP contribution >= 0.6 is 0 Å². The third-order valence-corrected chi connectivity index (χ3v) is 5.02. The molecule has 7 heteroatoms. The van der Waals surface area contributed by atoms with Crippen LogP contribution in [0.15, 0.2) is 24.3 Å². The van der Waals surface area contributed by atoms with Crippen LogP contribution in [0.2, 0.25) is 0 Å². The van der Waals surface area contributed by atoms with Crippen LogP contribution in [0.25, 0.3) is 0 Å². The van der Waals surface area contributed by atoms with Crippen molar-refractivity contribution in [3.8, 4) is 5.75 Å². The lowest BCUT2D eigenvalue weighted by atomic mass is 10.1. The van der Waals surface area contributed by atoms with E-state index in [2.05, 4.69) is 5.32 Å². The smallest absolute Gasteiger partial charge is 0.341 e. The molecule has 1 saturated heterocycles. The van der Waals surface area contributed by atoms with Crippen molar-refractivity contribution in [2.24, 2.45) is 5.92 Å². The Morgan fingerprint density at radius 3 is 2.77 bits per heavy atom. The second kappa shape index (κ2) is 8.21. The molecule has 0 bridgehead atoms. The third-order valence-electron chi connectivity index (χ3n) is 5.02. The quantitative estimate of drug-likeness (QED) is 0.769. The summed E-state index contributed by atoms with van der Waals surface area (Å²) in [5, 5.41) is 11.5. The Hall–Kier alpha value is -2.57. The maximum atomic E-state index is 12.4. The molecule has 1 heterocycles. The van der Waals surface area contributed by atoms with Gasteiger partial charge in [-0.3, -0.25) is 9.59 Å². The molecule has 3 rings (SSSR count). The highest BCUT2D eigenvalue weighted by molar-refractivity contribution is 5.89. The first-order valence-electron chi connectivity index (χ1n) is 9.03. The minimum Gasteiger partial charge on any atom is -0.482 e. The summed E-state index contributed by atoms with van der Waals surface area (Å²) in [6.45, 7) is 0.422. The van der Waals surface area contributed by atoms with Crippen LogP contribution < -0.4 is 10.1 Å². The van der Waals surface area contributed by atoms with Crippen molar-refractivity contribution >= 4 is 17.8 Å². The lowest BCUT2D eigenvalue weighted by molar-refractivity contribution is -0.139. The number of hydrogen-bond acceptors (Lipinski definition) is 4. The molecule has 2 amide bonds. The number of nitrogens with one attached hydrogen (secondary N) is 1. The number of likely N-dealkylation sites (tertiary alicyclic amines) is 1. The summed E-state index contributed by atoms with van der Waals surface area (Å²) in [4.78, 5) is 37.1. The highest BCUT2D eigenvalue weighted by Crippen LogP contribution is 2.29. The Morgan fingerprint density at radius 2 is 2.04 bits per heavy atom. The summed E-state index contributed by atoms with van der Waals surface area (Å²) in [6.07, 6.45) is 4.69. The van der Waals surface area contributed by atoms with Crippen LogP contribution in [0.4, 0.5) is 0 Å². The maximum absolute atomic E-state index is 12.4. The molecule has 2 N–H and O–H groups in total. The Bertz CT molecular complexity index is 684. The summed E-state index contributed by atoms with van der Waals surface area (Å²) in [6, 6.07) is 7.26. The zero-order chi connectivity index (χ0) is 18.5. The fraction of sp³-hybridized carbons (Fsp3) is 0.526. The standard InChI is InChI=1S/C19H24N2O5/c22-17-9-14(11-21(17)15-5-1-2-6-15)19(25)20-10-13-4-3-7-16(8-13)26-12-18(23)24/h3-4,7-8,14-15H,1-2,5-6,9-12H2,(H,20,25)(H,23,24). The van der Waals surface area contributed by atoms with Gasteiger partial charge < -0.3 is 20.1 Å². The van der Waals surface area contributed by atoms with Crippen molar-refractivity contribution in [1.29, 1.82) is 0 Å². The third kappa shape index (κ3) is 4.53. The molecular weight excluding hydrogens is 336 g/mol. The largest absolute Gasteiger partial charge is 0.482 e. The Kier molecular flexibility index (Phi) is 5.75. The Labute approximate surface area is 152 Å². The van der Waals surface area contributed by atoms with Crippen molar-refractivity contribution in [2.75, 3.05) is 13.2 Å². The predicted molar refractivity (Wildman–Crippen MR) is 93.5 cm³/mol. The molecule has 2 fully saturated rings. The van der Waals surface area contributed by atoms with E-state index < -0.39 is 12.6 Å². The van der Waals surface area contributed by atoms with E-state index in [-0.39, 0.29) is 24.2 Å². The fourth-order valence-corrected chi connectivity index (χ4v) is 3.70. The summed E-state index contributed by atoms with van der Waals surface area (Å²) in [5.74, 6) is -0.921. The van der Waals surface area contributed by atoms with E-state index in [4.69, 9.17) is 9.84 Å². The molecule has 140 valence electrons. The summed E-state index contributed by atoms with van der Waals surface area (Å²) in [5.41, 5.74) is 0.818. The van der Waals surface area contributed by atoms with E-state index in [1.54, 1.807) is 18.2 Å². The number of nitrogens with zero attached hydrogens (tertiary/aromatic N) is 1. The van der Waals surface area contributed by atoms with Gasteiger partial charge in [0.25, 0.3) is 0 Å². The molecule has 1 aliphatic carbocycles. The van der Waals surface area contributed by atoms with Gasteiger partial charge in [-0.25, -0.2) is 4.79 Å². The SMILES string of the molecule is O=C(O)COc1cccc(CNC(=O)C2CC(=O)N(C3CCCC3)C2)c1. The number of hydrogen-bond donors (Lipinski definition) is 2. The number of aliphatic carboxylic acids is 1. The van der Waals surface area contributed by atoms with E-state index in [1.165, 1.54) is 0 Å². The predicted octanol–water partition coefficient (Wildman–Crippen LogP) is 1.56. The average molecular weight is 360 g/mol. The first-order chi connectivity index (χ1) is 12.5. The molecule has 1 aliphatic heterocycles. The van der Waals surface area contributed by atoms with Crippen LogP contribution in [0.5, 0.6) is 5.75 Å². The van der Waals surface area contributed by atoms with Crippen molar-refractivity contribution in [1.82, 2.24) is 10.2 Å². The van der Waals surface area contributed by atoms with Crippen molar-refractivity contribution in [2.45, 2.75) is 44.7 Å². The minimum absolute atomic E-state index is 0.0844. The zero-order valence-electron chi connectivity index (χ0n) is 14.6. The highest BCUT2D eigenvalue weighted by Gasteiger charge is 2.38. The lowest BCUT2D eigenvalue weighted by Crippen LogP contribution is -2.36. The average Bonchev–Trinajstić information content (AvgIpc) is 3.27. The number of rotatable bonds is 7. The molecule has 0 spiro atoms. The summed E-state index contributed by atoms with van der Waals surface area (Å²) in [7, 11) is 0. The van der Waals surface area contributed by atoms with Crippen LogP contribution in [-0.4, -0.2) is 47.0 Å². The van der Waals surface area contributed by atoms with Crippen molar-refractivity contribution in [3.63, 3.8) is 0 Å². The van der Waals surface area contributed by atoms with Gasteiger partial charge in [-0.1, -0.05) is 25.0 Å². The maximum Gasteiger partial charge on any atom is 0.341 e. The van der Waals surface area contributed by atoms with Crippen molar-refractivity contribution < 1.29 is 24.2 Å². The van der Waals surface area contributed by atoms with E-state index >= 15 is 0 Å². The van der Waals surface area contributed by atoms with E-state index in [0.29, 0.717) is 24.9 Å². The molecule has 1 saturated carbocycles. The normalized spacial score (nSPS) is 20.4. The number of carbonyl (C=O) groups excluding carboxylic acids is 2. The zero-order valence-corrected chi connectivity index (χ0v) is 14.6. The molecule has 7 nitrogen and oxygen atoms in total. The number of carboxylic acid groups (broad SMARTS) is 1.